The number of nitrogens with two attached hydrogens (primary N) is 1. The lowest BCUT2D eigenvalue weighted by Crippen LogP contribution is -2.43. The van der Waals surface area contributed by atoms with E-state index in [2.05, 4.69) is 17.5 Å². The molecule has 1 unspecified atom stereocenters. The Morgan fingerprint density at radius 1 is 1.43 bits per heavy atom. The van der Waals surface area contributed by atoms with Crippen molar-refractivity contribution in [3.8, 4) is 0 Å². The largest absolute Gasteiger partial charge is 0.351 e. The molecule has 1 aliphatic rings. The van der Waals surface area contributed by atoms with Crippen LogP contribution in [0.3, 0.4) is 0 Å². The molecule has 0 spiro atoms. The highest BCUT2D eigenvalue weighted by Gasteiger charge is 2.11. The molecule has 3 amide bonds. The van der Waals surface area contributed by atoms with Crippen LogP contribution in [-0.4, -0.2) is 24.5 Å². The SMILES string of the molecule is NC(=O)NC(=O)CNC1CC=CCC1. The number of allylic oxidation sites excluding steroid dienone is 1. The van der Waals surface area contributed by atoms with Crippen LogP contribution >= 0.6 is 0 Å². The minimum atomic E-state index is -0.805. The van der Waals surface area contributed by atoms with Crippen LogP contribution in [0.4, 0.5) is 4.79 Å². The maximum atomic E-state index is 11.0. The van der Waals surface area contributed by atoms with Crippen LogP contribution in [0.15, 0.2) is 12.2 Å². The summed E-state index contributed by atoms with van der Waals surface area (Å²) < 4.78 is 0. The predicted octanol–water partition coefficient (Wildman–Crippen LogP) is -0.120. The molecule has 5 heteroatoms. The second kappa shape index (κ2) is 5.39. The average molecular weight is 197 g/mol. The van der Waals surface area contributed by atoms with Crippen molar-refractivity contribution >= 4 is 11.9 Å². The maximum Gasteiger partial charge on any atom is 0.318 e. The highest BCUT2D eigenvalue weighted by molar-refractivity contribution is 5.94. The van der Waals surface area contributed by atoms with Gasteiger partial charge in [0.1, 0.15) is 0 Å². The Morgan fingerprint density at radius 2 is 2.21 bits per heavy atom. The number of amides is 3. The molecule has 0 saturated heterocycles. The van der Waals surface area contributed by atoms with Crippen LogP contribution in [0, 0.1) is 0 Å². The number of nitrogens with one attached hydrogen (secondary N) is 2. The van der Waals surface area contributed by atoms with E-state index in [-0.39, 0.29) is 12.5 Å². The molecule has 0 saturated carbocycles. The third-order valence-corrected chi connectivity index (χ3v) is 2.08. The highest BCUT2D eigenvalue weighted by Crippen LogP contribution is 2.09. The molecule has 0 fully saturated rings. The highest BCUT2D eigenvalue weighted by atomic mass is 16.2. The molecule has 14 heavy (non-hydrogen) atoms. The molecule has 1 aliphatic carbocycles. The minimum Gasteiger partial charge on any atom is -0.351 e. The fraction of sp³-hybridized carbons (Fsp3) is 0.556. The summed E-state index contributed by atoms with van der Waals surface area (Å²) in [6, 6.07) is -0.473. The summed E-state index contributed by atoms with van der Waals surface area (Å²) in [5.41, 5.74) is 4.79. The number of urea groups is 1. The van der Waals surface area contributed by atoms with E-state index in [1.165, 1.54) is 0 Å². The van der Waals surface area contributed by atoms with E-state index in [1.54, 1.807) is 0 Å². The van der Waals surface area contributed by atoms with E-state index < -0.39 is 6.03 Å². The molecular formula is C9H15N3O2. The number of primary amides is 1. The topological polar surface area (TPSA) is 84.2 Å². The van der Waals surface area contributed by atoms with Gasteiger partial charge in [-0.05, 0) is 19.3 Å². The Balaban J connectivity index is 2.16. The van der Waals surface area contributed by atoms with Gasteiger partial charge in [-0.15, -0.1) is 0 Å². The normalized spacial score (nSPS) is 20.4. The van der Waals surface area contributed by atoms with E-state index >= 15 is 0 Å². The van der Waals surface area contributed by atoms with Gasteiger partial charge in [0.15, 0.2) is 0 Å². The first kappa shape index (κ1) is 10.7. The standard InChI is InChI=1S/C9H15N3O2/c10-9(14)12-8(13)6-11-7-4-2-1-3-5-7/h1-2,7,11H,3-6H2,(H3,10,12,13,14). The van der Waals surface area contributed by atoms with Crippen LogP contribution in [-0.2, 0) is 4.79 Å². The van der Waals surface area contributed by atoms with Crippen LogP contribution in [0.25, 0.3) is 0 Å². The second-order valence-electron chi connectivity index (χ2n) is 3.27. The van der Waals surface area contributed by atoms with Gasteiger partial charge in [0.2, 0.25) is 5.91 Å². The lowest BCUT2D eigenvalue weighted by molar-refractivity contribution is -0.119. The first-order valence-electron chi connectivity index (χ1n) is 4.66. The third-order valence-electron chi connectivity index (χ3n) is 2.08. The van der Waals surface area contributed by atoms with Gasteiger partial charge in [-0.25, -0.2) is 4.79 Å². The Bertz CT molecular complexity index is 250. The number of imide groups is 1. The monoisotopic (exact) mass is 197 g/mol. The van der Waals surface area contributed by atoms with Crippen molar-refractivity contribution in [2.24, 2.45) is 5.73 Å². The summed E-state index contributed by atoms with van der Waals surface area (Å²) in [6.45, 7) is 0.140. The first-order valence-corrected chi connectivity index (χ1v) is 4.66. The number of hydrogen-bond donors (Lipinski definition) is 3. The summed E-state index contributed by atoms with van der Waals surface area (Å²) in [4.78, 5) is 21.3. The van der Waals surface area contributed by atoms with E-state index in [9.17, 15) is 9.59 Å². The Kier molecular flexibility index (Phi) is 4.12. The quantitative estimate of drug-likeness (QED) is 0.551. The summed E-state index contributed by atoms with van der Waals surface area (Å²) >= 11 is 0. The van der Waals surface area contributed by atoms with Crippen LogP contribution in [0.2, 0.25) is 0 Å². The van der Waals surface area contributed by atoms with Crippen molar-refractivity contribution in [2.75, 3.05) is 6.54 Å². The van der Waals surface area contributed by atoms with Crippen molar-refractivity contribution in [1.29, 1.82) is 0 Å². The van der Waals surface area contributed by atoms with E-state index in [0.29, 0.717) is 6.04 Å². The molecule has 0 heterocycles. The van der Waals surface area contributed by atoms with Crippen LogP contribution in [0.5, 0.6) is 0 Å². The minimum absolute atomic E-state index is 0.140. The van der Waals surface area contributed by atoms with Crippen molar-refractivity contribution in [2.45, 2.75) is 25.3 Å². The lowest BCUT2D eigenvalue weighted by atomic mass is 10.0. The molecule has 0 bridgehead atoms. The van der Waals surface area contributed by atoms with E-state index in [1.807, 2.05) is 5.32 Å². The van der Waals surface area contributed by atoms with Gasteiger partial charge in [-0.2, -0.15) is 0 Å². The van der Waals surface area contributed by atoms with E-state index in [0.717, 1.165) is 19.3 Å². The average Bonchev–Trinajstić information content (AvgIpc) is 2.15. The zero-order valence-corrected chi connectivity index (χ0v) is 7.95. The molecule has 0 aromatic heterocycles. The number of hydrogen-bond acceptors (Lipinski definition) is 3. The van der Waals surface area contributed by atoms with E-state index in [4.69, 9.17) is 5.73 Å². The van der Waals surface area contributed by atoms with Crippen molar-refractivity contribution in [1.82, 2.24) is 10.6 Å². The number of carbonyl (C=O) groups excluding carboxylic acids is 2. The summed E-state index contributed by atoms with van der Waals surface area (Å²) in [5, 5.41) is 5.06. The van der Waals surface area contributed by atoms with Crippen LogP contribution < -0.4 is 16.4 Å². The molecule has 0 aliphatic heterocycles. The Labute approximate surface area is 82.7 Å². The van der Waals surface area contributed by atoms with Gasteiger partial charge < -0.3 is 11.1 Å². The fourth-order valence-corrected chi connectivity index (χ4v) is 1.40. The first-order chi connectivity index (χ1) is 6.68. The van der Waals surface area contributed by atoms with Crippen LogP contribution in [0.1, 0.15) is 19.3 Å². The van der Waals surface area contributed by atoms with Gasteiger partial charge in [-0.3, -0.25) is 10.1 Å². The zero-order valence-electron chi connectivity index (χ0n) is 7.95. The van der Waals surface area contributed by atoms with Gasteiger partial charge in [-0.1, -0.05) is 12.2 Å². The molecule has 4 N–H and O–H groups in total. The Hall–Kier alpha value is -1.36. The van der Waals surface area contributed by atoms with Crippen molar-refractivity contribution in [3.63, 3.8) is 0 Å². The zero-order chi connectivity index (χ0) is 10.4. The molecule has 1 atom stereocenters. The molecular weight excluding hydrogens is 182 g/mol. The molecule has 0 aromatic carbocycles. The molecule has 78 valence electrons. The fourth-order valence-electron chi connectivity index (χ4n) is 1.40. The second-order valence-corrected chi connectivity index (χ2v) is 3.27. The van der Waals surface area contributed by atoms with Gasteiger partial charge in [0, 0.05) is 6.04 Å². The summed E-state index contributed by atoms with van der Waals surface area (Å²) in [5.74, 6) is -0.382. The number of carbonyl (C=O) groups is 2. The smallest absolute Gasteiger partial charge is 0.318 e. The predicted molar refractivity (Wildman–Crippen MR) is 52.5 cm³/mol. The van der Waals surface area contributed by atoms with Gasteiger partial charge in [0.05, 0.1) is 6.54 Å². The lowest BCUT2D eigenvalue weighted by Gasteiger charge is -2.18. The molecule has 5 nitrogen and oxygen atoms in total. The third kappa shape index (κ3) is 4.04. The maximum absolute atomic E-state index is 11.0. The van der Waals surface area contributed by atoms with Gasteiger partial charge in [0.25, 0.3) is 0 Å². The Morgan fingerprint density at radius 3 is 2.79 bits per heavy atom. The molecule has 1 rings (SSSR count). The van der Waals surface area contributed by atoms with Crippen molar-refractivity contribution < 1.29 is 9.59 Å². The van der Waals surface area contributed by atoms with Crippen molar-refractivity contribution in [3.05, 3.63) is 12.2 Å². The summed E-state index contributed by atoms with van der Waals surface area (Å²) in [7, 11) is 0. The summed E-state index contributed by atoms with van der Waals surface area (Å²) in [6.07, 6.45) is 7.22. The molecule has 0 radical (unpaired) electrons. The molecule has 0 aromatic rings. The van der Waals surface area contributed by atoms with Gasteiger partial charge >= 0.3 is 6.03 Å². The number of rotatable bonds is 3.